The molecule has 5 nitrogen and oxygen atoms in total. The van der Waals surface area contributed by atoms with Crippen LogP contribution in [0.1, 0.15) is 31.0 Å². The minimum Gasteiger partial charge on any atom is -0.469 e. The Hall–Kier alpha value is -1.39. The molecule has 5 heteroatoms. The van der Waals surface area contributed by atoms with E-state index >= 15 is 0 Å². The fraction of sp³-hybridized carbons (Fsp3) is 0.667. The van der Waals surface area contributed by atoms with Crippen molar-refractivity contribution in [2.24, 2.45) is 0 Å². The van der Waals surface area contributed by atoms with Crippen molar-refractivity contribution in [1.29, 1.82) is 0 Å². The molecule has 1 aromatic heterocycles. The van der Waals surface area contributed by atoms with Crippen LogP contribution in [-0.2, 0) is 16.0 Å². The zero-order chi connectivity index (χ0) is 10.4. The van der Waals surface area contributed by atoms with Crippen molar-refractivity contribution >= 4 is 5.97 Å². The van der Waals surface area contributed by atoms with Crippen molar-refractivity contribution in [2.75, 3.05) is 7.11 Å². The normalized spacial score (nSPS) is 10.1. The van der Waals surface area contributed by atoms with Crippen LogP contribution in [0.25, 0.3) is 0 Å². The lowest BCUT2D eigenvalue weighted by Gasteiger charge is -1.96. The molecule has 1 heterocycles. The van der Waals surface area contributed by atoms with Crippen molar-refractivity contribution in [3.8, 4) is 0 Å². The zero-order valence-electron chi connectivity index (χ0n) is 8.45. The van der Waals surface area contributed by atoms with Crippen LogP contribution in [0.5, 0.6) is 0 Å². The molecule has 0 saturated heterocycles. The zero-order valence-corrected chi connectivity index (χ0v) is 8.45. The van der Waals surface area contributed by atoms with E-state index in [4.69, 9.17) is 4.52 Å². The molecule has 0 spiro atoms. The molecule has 0 radical (unpaired) electrons. The van der Waals surface area contributed by atoms with Gasteiger partial charge in [0.05, 0.1) is 7.11 Å². The Bertz CT molecular complexity index is 296. The second-order valence-corrected chi connectivity index (χ2v) is 3.01. The molecule has 0 aliphatic rings. The van der Waals surface area contributed by atoms with Gasteiger partial charge in [0.25, 0.3) is 0 Å². The SMILES string of the molecule is COC(=O)CCCCc1noc(C)n1. The molecule has 1 aromatic rings. The van der Waals surface area contributed by atoms with Gasteiger partial charge < -0.3 is 9.26 Å². The van der Waals surface area contributed by atoms with E-state index in [-0.39, 0.29) is 5.97 Å². The lowest BCUT2D eigenvalue weighted by atomic mass is 10.2. The number of unbranched alkanes of at least 4 members (excludes halogenated alkanes) is 1. The number of esters is 1. The highest BCUT2D eigenvalue weighted by molar-refractivity contribution is 5.68. The average molecular weight is 198 g/mol. The Morgan fingerprint density at radius 2 is 2.29 bits per heavy atom. The van der Waals surface area contributed by atoms with Crippen molar-refractivity contribution in [2.45, 2.75) is 32.6 Å². The van der Waals surface area contributed by atoms with Gasteiger partial charge in [-0.1, -0.05) is 5.16 Å². The van der Waals surface area contributed by atoms with E-state index in [1.165, 1.54) is 7.11 Å². The Balaban J connectivity index is 2.13. The number of carbonyl (C=O) groups is 1. The molecular weight excluding hydrogens is 184 g/mol. The van der Waals surface area contributed by atoms with Crippen LogP contribution in [0.4, 0.5) is 0 Å². The van der Waals surface area contributed by atoms with Gasteiger partial charge in [0, 0.05) is 19.8 Å². The number of aromatic nitrogens is 2. The van der Waals surface area contributed by atoms with Crippen LogP contribution in [0.2, 0.25) is 0 Å². The monoisotopic (exact) mass is 198 g/mol. The van der Waals surface area contributed by atoms with Crippen molar-refractivity contribution in [3.05, 3.63) is 11.7 Å². The number of carbonyl (C=O) groups excluding carboxylic acids is 1. The van der Waals surface area contributed by atoms with E-state index in [1.807, 2.05) is 0 Å². The molecule has 0 aromatic carbocycles. The van der Waals surface area contributed by atoms with Crippen LogP contribution < -0.4 is 0 Å². The molecule has 0 saturated carbocycles. The molecule has 0 bridgehead atoms. The first-order chi connectivity index (χ1) is 6.72. The Morgan fingerprint density at radius 1 is 1.50 bits per heavy atom. The summed E-state index contributed by atoms with van der Waals surface area (Å²) in [6.07, 6.45) is 2.86. The summed E-state index contributed by atoms with van der Waals surface area (Å²) < 4.78 is 9.33. The van der Waals surface area contributed by atoms with Crippen molar-refractivity contribution < 1.29 is 14.1 Å². The largest absolute Gasteiger partial charge is 0.469 e. The first-order valence-electron chi connectivity index (χ1n) is 4.58. The highest BCUT2D eigenvalue weighted by Crippen LogP contribution is 2.03. The average Bonchev–Trinajstić information content (AvgIpc) is 2.58. The Morgan fingerprint density at radius 3 is 2.86 bits per heavy atom. The molecule has 0 unspecified atom stereocenters. The maximum absolute atomic E-state index is 10.8. The lowest BCUT2D eigenvalue weighted by Crippen LogP contribution is -2.00. The minimum atomic E-state index is -0.172. The summed E-state index contributed by atoms with van der Waals surface area (Å²) in [4.78, 5) is 14.8. The summed E-state index contributed by atoms with van der Waals surface area (Å²) in [5.41, 5.74) is 0. The van der Waals surface area contributed by atoms with Crippen molar-refractivity contribution in [3.63, 3.8) is 0 Å². The molecule has 0 aliphatic heterocycles. The summed E-state index contributed by atoms with van der Waals surface area (Å²) in [5.74, 6) is 1.11. The van der Waals surface area contributed by atoms with Crippen LogP contribution in [0.15, 0.2) is 4.52 Å². The molecule has 0 fully saturated rings. The van der Waals surface area contributed by atoms with Crippen LogP contribution in [-0.4, -0.2) is 23.2 Å². The van der Waals surface area contributed by atoms with Crippen molar-refractivity contribution in [1.82, 2.24) is 10.1 Å². The van der Waals surface area contributed by atoms with E-state index in [2.05, 4.69) is 14.9 Å². The number of rotatable bonds is 5. The maximum Gasteiger partial charge on any atom is 0.305 e. The molecule has 0 amide bonds. The summed E-state index contributed by atoms with van der Waals surface area (Å²) in [7, 11) is 1.39. The summed E-state index contributed by atoms with van der Waals surface area (Å²) in [6.45, 7) is 1.75. The predicted octanol–water partition coefficient (Wildman–Crippen LogP) is 1.26. The number of nitrogens with zero attached hydrogens (tertiary/aromatic N) is 2. The van der Waals surface area contributed by atoms with Gasteiger partial charge in [0.1, 0.15) is 0 Å². The van der Waals surface area contributed by atoms with Gasteiger partial charge >= 0.3 is 5.97 Å². The molecule has 0 aliphatic carbocycles. The van der Waals surface area contributed by atoms with E-state index < -0.39 is 0 Å². The van der Waals surface area contributed by atoms with Gasteiger partial charge in [0.15, 0.2) is 5.82 Å². The highest BCUT2D eigenvalue weighted by Gasteiger charge is 2.03. The number of hydrogen-bond acceptors (Lipinski definition) is 5. The van der Waals surface area contributed by atoms with E-state index in [0.29, 0.717) is 18.1 Å². The molecule has 14 heavy (non-hydrogen) atoms. The summed E-state index contributed by atoms with van der Waals surface area (Å²) in [6, 6.07) is 0. The maximum atomic E-state index is 10.8. The van der Waals surface area contributed by atoms with Gasteiger partial charge in [-0.2, -0.15) is 4.98 Å². The summed E-state index contributed by atoms with van der Waals surface area (Å²) in [5, 5.41) is 3.75. The number of ether oxygens (including phenoxy) is 1. The molecule has 78 valence electrons. The van der Waals surface area contributed by atoms with E-state index in [0.717, 1.165) is 19.3 Å². The van der Waals surface area contributed by atoms with Crippen LogP contribution in [0.3, 0.4) is 0 Å². The first-order valence-corrected chi connectivity index (χ1v) is 4.58. The number of hydrogen-bond donors (Lipinski definition) is 0. The predicted molar refractivity (Wildman–Crippen MR) is 48.6 cm³/mol. The minimum absolute atomic E-state index is 0.172. The third-order valence-electron chi connectivity index (χ3n) is 1.83. The molecule has 0 N–H and O–H groups in total. The fourth-order valence-electron chi connectivity index (χ4n) is 1.10. The lowest BCUT2D eigenvalue weighted by molar-refractivity contribution is -0.140. The molecule has 0 atom stereocenters. The van der Waals surface area contributed by atoms with Gasteiger partial charge in [-0.25, -0.2) is 0 Å². The van der Waals surface area contributed by atoms with Gasteiger partial charge in [-0.05, 0) is 12.8 Å². The van der Waals surface area contributed by atoms with Gasteiger partial charge in [-0.3, -0.25) is 4.79 Å². The number of methoxy groups -OCH3 is 1. The smallest absolute Gasteiger partial charge is 0.305 e. The van der Waals surface area contributed by atoms with Gasteiger partial charge in [0.2, 0.25) is 5.89 Å². The third kappa shape index (κ3) is 3.55. The highest BCUT2D eigenvalue weighted by atomic mass is 16.5. The van der Waals surface area contributed by atoms with E-state index in [9.17, 15) is 4.79 Å². The second-order valence-electron chi connectivity index (χ2n) is 3.01. The Kier molecular flexibility index (Phi) is 4.10. The summed E-state index contributed by atoms with van der Waals surface area (Å²) >= 11 is 0. The molecule has 1 rings (SSSR count). The third-order valence-corrected chi connectivity index (χ3v) is 1.83. The fourth-order valence-corrected chi connectivity index (χ4v) is 1.10. The first kappa shape index (κ1) is 10.7. The topological polar surface area (TPSA) is 65.2 Å². The number of aryl methyl sites for hydroxylation is 2. The quantitative estimate of drug-likeness (QED) is 0.526. The second kappa shape index (κ2) is 5.36. The van der Waals surface area contributed by atoms with E-state index in [1.54, 1.807) is 6.92 Å². The van der Waals surface area contributed by atoms with Gasteiger partial charge in [-0.15, -0.1) is 0 Å². The Labute approximate surface area is 82.4 Å². The standard InChI is InChI=1S/C9H14N2O3/c1-7-10-8(11-14-7)5-3-4-6-9(12)13-2/h3-6H2,1-2H3. The van der Waals surface area contributed by atoms with Crippen LogP contribution in [0, 0.1) is 6.92 Å². The molecular formula is C9H14N2O3. The van der Waals surface area contributed by atoms with Crippen LogP contribution >= 0.6 is 0 Å².